The molecule has 1 N–H and O–H groups in total. The van der Waals surface area contributed by atoms with Crippen LogP contribution in [0.2, 0.25) is 0 Å². The highest BCUT2D eigenvalue weighted by Crippen LogP contribution is 2.29. The third-order valence-corrected chi connectivity index (χ3v) is 5.48. The molecule has 0 spiro atoms. The van der Waals surface area contributed by atoms with Gasteiger partial charge in [-0.25, -0.2) is 0 Å². The van der Waals surface area contributed by atoms with Gasteiger partial charge < -0.3 is 10.1 Å². The predicted octanol–water partition coefficient (Wildman–Crippen LogP) is 3.95. The second-order valence-corrected chi connectivity index (χ2v) is 6.93. The maximum Gasteiger partial charge on any atom is 0.0666 e. The Hall–Kier alpha value is -0.510. The lowest BCUT2D eigenvalue weighted by atomic mass is 10.1. The fourth-order valence-electron chi connectivity index (χ4n) is 2.54. The van der Waals surface area contributed by atoms with E-state index in [-0.39, 0.29) is 0 Å². The van der Waals surface area contributed by atoms with Gasteiger partial charge in [-0.3, -0.25) is 0 Å². The van der Waals surface area contributed by atoms with Crippen LogP contribution in [0.3, 0.4) is 0 Å². The van der Waals surface area contributed by atoms with Gasteiger partial charge in [0, 0.05) is 23.7 Å². The van der Waals surface area contributed by atoms with Crippen molar-refractivity contribution in [1.82, 2.24) is 5.32 Å². The summed E-state index contributed by atoms with van der Waals surface area (Å²) < 4.78 is 5.66. The maximum absolute atomic E-state index is 5.66. The minimum atomic E-state index is 0.407. The maximum atomic E-state index is 5.66. The smallest absolute Gasteiger partial charge is 0.0666 e. The Morgan fingerprint density at radius 2 is 2.10 bits per heavy atom. The molecule has 1 fully saturated rings. The molecule has 0 aromatic heterocycles. The van der Waals surface area contributed by atoms with Crippen LogP contribution >= 0.6 is 11.8 Å². The van der Waals surface area contributed by atoms with E-state index < -0.39 is 0 Å². The molecular weight excluding hydrogens is 266 g/mol. The minimum absolute atomic E-state index is 0.407. The molecule has 3 atom stereocenters. The zero-order chi connectivity index (χ0) is 14.4. The van der Waals surface area contributed by atoms with Crippen LogP contribution in [0.25, 0.3) is 0 Å². The molecule has 1 heterocycles. The second kappa shape index (κ2) is 8.06. The summed E-state index contributed by atoms with van der Waals surface area (Å²) >= 11 is 2.06. The van der Waals surface area contributed by atoms with E-state index in [9.17, 15) is 0 Å². The molecule has 0 aliphatic carbocycles. The largest absolute Gasteiger partial charge is 0.377 e. The van der Waals surface area contributed by atoms with E-state index in [2.05, 4.69) is 62.1 Å². The number of rotatable bonds is 7. The van der Waals surface area contributed by atoms with E-state index in [0.717, 1.165) is 18.9 Å². The number of nitrogens with one attached hydrogen (secondary N) is 1. The summed E-state index contributed by atoms with van der Waals surface area (Å²) in [4.78, 5) is 0. The van der Waals surface area contributed by atoms with Crippen LogP contribution in [0, 0.1) is 6.92 Å². The minimum Gasteiger partial charge on any atom is -0.377 e. The van der Waals surface area contributed by atoms with Gasteiger partial charge >= 0.3 is 0 Å². The zero-order valence-corrected chi connectivity index (χ0v) is 13.7. The molecule has 3 heteroatoms. The first-order chi connectivity index (χ1) is 9.70. The molecule has 1 aromatic rings. The summed E-state index contributed by atoms with van der Waals surface area (Å²) in [5, 5.41) is 4.34. The third kappa shape index (κ3) is 4.51. The first-order valence-corrected chi connectivity index (χ1v) is 8.78. The number of hydrogen-bond acceptors (Lipinski definition) is 3. The first kappa shape index (κ1) is 15.9. The predicted molar refractivity (Wildman–Crippen MR) is 88.5 cm³/mol. The van der Waals surface area contributed by atoms with Crippen molar-refractivity contribution in [2.24, 2.45) is 0 Å². The number of ether oxygens (including phenoxy) is 1. The third-order valence-electron chi connectivity index (χ3n) is 3.90. The monoisotopic (exact) mass is 293 g/mol. The quantitative estimate of drug-likeness (QED) is 0.822. The lowest BCUT2D eigenvalue weighted by Crippen LogP contribution is -2.26. The van der Waals surface area contributed by atoms with Crippen LogP contribution in [0.4, 0.5) is 0 Å². The van der Waals surface area contributed by atoms with Crippen molar-refractivity contribution in [2.45, 2.75) is 51.0 Å². The van der Waals surface area contributed by atoms with Crippen LogP contribution in [0.5, 0.6) is 0 Å². The van der Waals surface area contributed by atoms with Crippen molar-refractivity contribution in [1.29, 1.82) is 0 Å². The van der Waals surface area contributed by atoms with Crippen molar-refractivity contribution < 1.29 is 4.74 Å². The van der Waals surface area contributed by atoms with Crippen LogP contribution in [0.1, 0.15) is 43.9 Å². The van der Waals surface area contributed by atoms with Gasteiger partial charge in [-0.2, -0.15) is 11.8 Å². The highest BCUT2D eigenvalue weighted by atomic mass is 32.2. The van der Waals surface area contributed by atoms with E-state index in [4.69, 9.17) is 4.74 Å². The number of thioether (sulfide) groups is 1. The SMILES string of the molecule is CCCNC(CSC1CCOC1C)c1ccc(C)cc1. The molecule has 0 saturated carbocycles. The Morgan fingerprint density at radius 3 is 2.70 bits per heavy atom. The lowest BCUT2D eigenvalue weighted by Gasteiger charge is -2.22. The Bertz CT molecular complexity index is 392. The average Bonchev–Trinajstić information content (AvgIpc) is 2.86. The molecule has 2 nitrogen and oxygen atoms in total. The molecule has 20 heavy (non-hydrogen) atoms. The van der Waals surface area contributed by atoms with Crippen molar-refractivity contribution in [3.05, 3.63) is 35.4 Å². The fraction of sp³-hybridized carbons (Fsp3) is 0.647. The summed E-state index contributed by atoms with van der Waals surface area (Å²) in [7, 11) is 0. The Balaban J connectivity index is 1.94. The Labute approximate surface area is 127 Å². The Kier molecular flexibility index (Phi) is 6.40. The van der Waals surface area contributed by atoms with Crippen molar-refractivity contribution in [3.8, 4) is 0 Å². The zero-order valence-electron chi connectivity index (χ0n) is 12.9. The molecule has 1 aliphatic heterocycles. The van der Waals surface area contributed by atoms with E-state index in [0.29, 0.717) is 17.4 Å². The molecule has 1 aliphatic rings. The van der Waals surface area contributed by atoms with Gasteiger partial charge in [0.1, 0.15) is 0 Å². The van der Waals surface area contributed by atoms with Gasteiger partial charge in [0.15, 0.2) is 0 Å². The van der Waals surface area contributed by atoms with Crippen LogP contribution < -0.4 is 5.32 Å². The summed E-state index contributed by atoms with van der Waals surface area (Å²) in [5.41, 5.74) is 2.73. The van der Waals surface area contributed by atoms with E-state index in [1.807, 2.05) is 0 Å². The summed E-state index contributed by atoms with van der Waals surface area (Å²) in [6.45, 7) is 8.57. The van der Waals surface area contributed by atoms with Gasteiger partial charge in [0.25, 0.3) is 0 Å². The molecular formula is C17H27NOS. The van der Waals surface area contributed by atoms with Crippen LogP contribution in [-0.2, 0) is 4.74 Å². The van der Waals surface area contributed by atoms with E-state index >= 15 is 0 Å². The van der Waals surface area contributed by atoms with E-state index in [1.165, 1.54) is 24.0 Å². The molecule has 0 amide bonds. The van der Waals surface area contributed by atoms with Gasteiger partial charge in [-0.15, -0.1) is 0 Å². The first-order valence-electron chi connectivity index (χ1n) is 7.74. The van der Waals surface area contributed by atoms with Crippen molar-refractivity contribution >= 4 is 11.8 Å². The summed E-state index contributed by atoms with van der Waals surface area (Å²) in [5.74, 6) is 1.13. The van der Waals surface area contributed by atoms with Gasteiger partial charge in [0.2, 0.25) is 0 Å². The fourth-order valence-corrected chi connectivity index (χ4v) is 3.90. The molecule has 3 unspecified atom stereocenters. The lowest BCUT2D eigenvalue weighted by molar-refractivity contribution is 0.127. The molecule has 1 aromatic carbocycles. The van der Waals surface area contributed by atoms with E-state index in [1.54, 1.807) is 0 Å². The number of benzene rings is 1. The highest BCUT2D eigenvalue weighted by molar-refractivity contribution is 8.00. The van der Waals surface area contributed by atoms with Crippen LogP contribution in [0.15, 0.2) is 24.3 Å². The summed E-state index contributed by atoms with van der Waals surface area (Å²) in [6.07, 6.45) is 2.78. The molecule has 0 bridgehead atoms. The second-order valence-electron chi connectivity index (χ2n) is 5.65. The van der Waals surface area contributed by atoms with Gasteiger partial charge in [-0.1, -0.05) is 36.8 Å². The van der Waals surface area contributed by atoms with Crippen molar-refractivity contribution in [3.63, 3.8) is 0 Å². The van der Waals surface area contributed by atoms with Gasteiger partial charge in [0.05, 0.1) is 6.10 Å². The normalized spacial score (nSPS) is 23.9. The topological polar surface area (TPSA) is 21.3 Å². The van der Waals surface area contributed by atoms with Crippen molar-refractivity contribution in [2.75, 3.05) is 18.9 Å². The summed E-state index contributed by atoms with van der Waals surface area (Å²) in [6, 6.07) is 9.40. The average molecular weight is 293 g/mol. The van der Waals surface area contributed by atoms with Crippen LogP contribution in [-0.4, -0.2) is 30.3 Å². The number of aryl methyl sites for hydroxylation is 1. The molecule has 0 radical (unpaired) electrons. The molecule has 1 saturated heterocycles. The Morgan fingerprint density at radius 1 is 1.35 bits per heavy atom. The molecule has 2 rings (SSSR count). The standard InChI is InChI=1S/C17H27NOS/c1-4-10-18-16(15-7-5-13(2)6-8-15)12-20-17-9-11-19-14(17)3/h5-8,14,16-18H,4,9-12H2,1-3H3. The number of hydrogen-bond donors (Lipinski definition) is 1. The van der Waals surface area contributed by atoms with Gasteiger partial charge in [-0.05, 0) is 38.8 Å². The highest BCUT2D eigenvalue weighted by Gasteiger charge is 2.25. The molecule has 112 valence electrons.